The van der Waals surface area contributed by atoms with E-state index in [-0.39, 0.29) is 5.78 Å². The largest absolute Gasteiger partial charge is 0.294 e. The van der Waals surface area contributed by atoms with Crippen molar-refractivity contribution in [2.24, 2.45) is 0 Å². The van der Waals surface area contributed by atoms with Crippen molar-refractivity contribution in [1.82, 2.24) is 0 Å². The number of thioether (sulfide) groups is 1. The van der Waals surface area contributed by atoms with E-state index in [1.807, 2.05) is 31.4 Å². The second-order valence-electron chi connectivity index (χ2n) is 3.42. The van der Waals surface area contributed by atoms with Crippen LogP contribution in [0.4, 0.5) is 0 Å². The molecule has 0 aliphatic carbocycles. The van der Waals surface area contributed by atoms with Gasteiger partial charge in [0.05, 0.1) is 0 Å². The summed E-state index contributed by atoms with van der Waals surface area (Å²) in [5.41, 5.74) is 1.97. The first-order valence-corrected chi connectivity index (χ1v) is 6.68. The SMILES string of the molecule is CSc1ccc(C)cc1C(=O)CCCCl. The van der Waals surface area contributed by atoms with E-state index in [1.165, 1.54) is 0 Å². The van der Waals surface area contributed by atoms with Crippen LogP contribution >= 0.6 is 23.4 Å². The fourth-order valence-corrected chi connectivity index (χ4v) is 2.13. The normalized spacial score (nSPS) is 10.3. The summed E-state index contributed by atoms with van der Waals surface area (Å²) in [5, 5.41) is 0. The Bertz CT molecular complexity index is 349. The summed E-state index contributed by atoms with van der Waals surface area (Å²) in [6.07, 6.45) is 3.28. The predicted octanol–water partition coefficient (Wildman–Crippen LogP) is 3.92. The Morgan fingerprint density at radius 2 is 2.20 bits per heavy atom. The highest BCUT2D eigenvalue weighted by molar-refractivity contribution is 7.98. The van der Waals surface area contributed by atoms with Gasteiger partial charge in [-0.05, 0) is 31.7 Å². The molecule has 3 heteroatoms. The van der Waals surface area contributed by atoms with Gasteiger partial charge in [-0.25, -0.2) is 0 Å². The van der Waals surface area contributed by atoms with Crippen LogP contribution in [-0.2, 0) is 0 Å². The van der Waals surface area contributed by atoms with Crippen molar-refractivity contribution in [3.05, 3.63) is 29.3 Å². The third kappa shape index (κ3) is 3.54. The van der Waals surface area contributed by atoms with Gasteiger partial charge in [-0.2, -0.15) is 0 Å². The van der Waals surface area contributed by atoms with Gasteiger partial charge in [-0.15, -0.1) is 23.4 Å². The second-order valence-corrected chi connectivity index (χ2v) is 4.65. The maximum Gasteiger partial charge on any atom is 0.164 e. The third-order valence-corrected chi connectivity index (χ3v) is 3.26. The molecule has 0 fully saturated rings. The Morgan fingerprint density at radius 3 is 2.80 bits per heavy atom. The second kappa shape index (κ2) is 6.19. The van der Waals surface area contributed by atoms with Gasteiger partial charge in [-0.1, -0.05) is 11.6 Å². The molecule has 0 amide bonds. The minimum atomic E-state index is 0.198. The molecule has 0 unspecified atom stereocenters. The number of hydrogen-bond acceptors (Lipinski definition) is 2. The summed E-state index contributed by atoms with van der Waals surface area (Å²) in [5.74, 6) is 0.746. The molecule has 15 heavy (non-hydrogen) atoms. The predicted molar refractivity (Wildman–Crippen MR) is 67.2 cm³/mol. The number of carbonyl (C=O) groups is 1. The number of aryl methyl sites for hydroxylation is 1. The molecule has 0 saturated carbocycles. The number of ketones is 1. The van der Waals surface area contributed by atoms with Crippen LogP contribution in [0.15, 0.2) is 23.1 Å². The average molecular weight is 243 g/mol. The van der Waals surface area contributed by atoms with Crippen LogP contribution in [0.3, 0.4) is 0 Å². The minimum absolute atomic E-state index is 0.198. The number of halogens is 1. The summed E-state index contributed by atoms with van der Waals surface area (Å²) >= 11 is 7.19. The van der Waals surface area contributed by atoms with Gasteiger partial charge >= 0.3 is 0 Å². The zero-order chi connectivity index (χ0) is 11.3. The van der Waals surface area contributed by atoms with Crippen LogP contribution in [0.25, 0.3) is 0 Å². The lowest BCUT2D eigenvalue weighted by Gasteiger charge is -2.07. The Morgan fingerprint density at radius 1 is 1.47 bits per heavy atom. The smallest absolute Gasteiger partial charge is 0.164 e. The van der Waals surface area contributed by atoms with E-state index in [0.717, 1.165) is 22.4 Å². The summed E-state index contributed by atoms with van der Waals surface area (Å²) in [7, 11) is 0. The first kappa shape index (κ1) is 12.6. The average Bonchev–Trinajstić information content (AvgIpc) is 2.25. The number of carbonyl (C=O) groups excluding carboxylic acids is 1. The Labute approximate surface area is 100 Å². The Kier molecular flexibility index (Phi) is 5.20. The molecule has 0 aliphatic heterocycles. The van der Waals surface area contributed by atoms with Gasteiger partial charge < -0.3 is 0 Å². The van der Waals surface area contributed by atoms with E-state index in [9.17, 15) is 4.79 Å². The van der Waals surface area contributed by atoms with Crippen molar-refractivity contribution in [3.8, 4) is 0 Å². The monoisotopic (exact) mass is 242 g/mol. The molecule has 0 aromatic heterocycles. The lowest BCUT2D eigenvalue weighted by molar-refractivity contribution is 0.0979. The first-order chi connectivity index (χ1) is 7.19. The van der Waals surface area contributed by atoms with Gasteiger partial charge in [0, 0.05) is 22.8 Å². The fraction of sp³-hybridized carbons (Fsp3) is 0.417. The summed E-state index contributed by atoms with van der Waals surface area (Å²) < 4.78 is 0. The lowest BCUT2D eigenvalue weighted by atomic mass is 10.0. The maximum absolute atomic E-state index is 11.9. The van der Waals surface area contributed by atoms with Crippen LogP contribution in [-0.4, -0.2) is 17.9 Å². The molecule has 1 nitrogen and oxygen atoms in total. The molecule has 0 saturated heterocycles. The standard InChI is InChI=1S/C12H15ClOS/c1-9-5-6-12(15-2)10(8-9)11(14)4-3-7-13/h5-6,8H,3-4,7H2,1-2H3. The quantitative estimate of drug-likeness (QED) is 0.442. The summed E-state index contributed by atoms with van der Waals surface area (Å²) in [6.45, 7) is 2.00. The molecule has 0 bridgehead atoms. The molecule has 82 valence electrons. The van der Waals surface area contributed by atoms with Crippen LogP contribution in [0.2, 0.25) is 0 Å². The van der Waals surface area contributed by atoms with E-state index in [4.69, 9.17) is 11.6 Å². The first-order valence-electron chi connectivity index (χ1n) is 4.93. The summed E-state index contributed by atoms with van der Waals surface area (Å²) in [4.78, 5) is 12.9. The molecule has 0 heterocycles. The number of Topliss-reactive ketones (excluding diaryl/α,β-unsaturated/α-hetero) is 1. The molecule has 0 spiro atoms. The highest BCUT2D eigenvalue weighted by Gasteiger charge is 2.10. The van der Waals surface area contributed by atoms with Crippen molar-refractivity contribution >= 4 is 29.1 Å². The number of hydrogen-bond donors (Lipinski definition) is 0. The topological polar surface area (TPSA) is 17.1 Å². The molecule has 1 rings (SSSR count). The minimum Gasteiger partial charge on any atom is -0.294 e. The van der Waals surface area contributed by atoms with Gasteiger partial charge in [0.2, 0.25) is 0 Å². The van der Waals surface area contributed by atoms with Gasteiger partial charge in [-0.3, -0.25) is 4.79 Å². The highest BCUT2D eigenvalue weighted by atomic mass is 35.5. The molecule has 0 radical (unpaired) electrons. The van der Waals surface area contributed by atoms with E-state index in [0.29, 0.717) is 12.3 Å². The van der Waals surface area contributed by atoms with E-state index >= 15 is 0 Å². The van der Waals surface area contributed by atoms with Crippen molar-refractivity contribution < 1.29 is 4.79 Å². The van der Waals surface area contributed by atoms with Gasteiger partial charge in [0.1, 0.15) is 0 Å². The zero-order valence-corrected chi connectivity index (χ0v) is 10.6. The molecule has 0 aliphatic rings. The van der Waals surface area contributed by atoms with Crippen molar-refractivity contribution in [1.29, 1.82) is 0 Å². The highest BCUT2D eigenvalue weighted by Crippen LogP contribution is 2.23. The maximum atomic E-state index is 11.9. The van der Waals surface area contributed by atoms with E-state index in [1.54, 1.807) is 11.8 Å². The molecular weight excluding hydrogens is 228 g/mol. The van der Waals surface area contributed by atoms with Crippen molar-refractivity contribution in [2.75, 3.05) is 12.1 Å². The lowest BCUT2D eigenvalue weighted by Crippen LogP contribution is -2.01. The van der Waals surface area contributed by atoms with Crippen LogP contribution in [0.1, 0.15) is 28.8 Å². The Balaban J connectivity index is 2.90. The van der Waals surface area contributed by atoms with Crippen LogP contribution < -0.4 is 0 Å². The van der Waals surface area contributed by atoms with Crippen molar-refractivity contribution in [3.63, 3.8) is 0 Å². The van der Waals surface area contributed by atoms with Gasteiger partial charge in [0.25, 0.3) is 0 Å². The Hall–Kier alpha value is -0.470. The van der Waals surface area contributed by atoms with Gasteiger partial charge in [0.15, 0.2) is 5.78 Å². The third-order valence-electron chi connectivity index (χ3n) is 2.19. The number of alkyl halides is 1. The zero-order valence-electron chi connectivity index (χ0n) is 9.05. The number of rotatable bonds is 5. The fourth-order valence-electron chi connectivity index (χ4n) is 1.40. The number of benzene rings is 1. The van der Waals surface area contributed by atoms with Crippen LogP contribution in [0.5, 0.6) is 0 Å². The van der Waals surface area contributed by atoms with Crippen LogP contribution in [0, 0.1) is 6.92 Å². The molecule has 1 aromatic carbocycles. The molecule has 0 N–H and O–H groups in total. The van der Waals surface area contributed by atoms with Crippen molar-refractivity contribution in [2.45, 2.75) is 24.7 Å². The molecule has 1 aromatic rings. The summed E-state index contributed by atoms with van der Waals surface area (Å²) in [6, 6.07) is 6.00. The van der Waals surface area contributed by atoms with E-state index in [2.05, 4.69) is 0 Å². The van der Waals surface area contributed by atoms with E-state index < -0.39 is 0 Å². The molecule has 0 atom stereocenters. The molecular formula is C12H15ClOS.